The number of nitrogens with two attached hydrogens (primary N) is 1. The minimum atomic E-state index is -3.79. The predicted octanol–water partition coefficient (Wildman–Crippen LogP) is 3.22. The number of pyridine rings is 1. The van der Waals surface area contributed by atoms with Gasteiger partial charge in [0.1, 0.15) is 10.7 Å². The molecule has 0 bridgehead atoms. The van der Waals surface area contributed by atoms with Gasteiger partial charge in [-0.2, -0.15) is 0 Å². The molecule has 2 aromatic rings. The fraction of sp³-hybridized carbons (Fsp3) is 0.0769. The van der Waals surface area contributed by atoms with Crippen LogP contribution in [-0.4, -0.2) is 19.6 Å². The number of rotatable bonds is 3. The number of anilines is 2. The van der Waals surface area contributed by atoms with Crippen LogP contribution in [0.25, 0.3) is 0 Å². The van der Waals surface area contributed by atoms with Gasteiger partial charge in [0.05, 0.1) is 16.8 Å². The molecule has 3 rings (SSSR count). The highest BCUT2D eigenvalue weighted by Crippen LogP contribution is 2.42. The molecule has 0 amide bonds. The molecule has 0 saturated heterocycles. The van der Waals surface area contributed by atoms with Gasteiger partial charge in [-0.1, -0.05) is 15.9 Å². The second-order valence-corrected chi connectivity index (χ2v) is 7.66. The van der Waals surface area contributed by atoms with E-state index in [0.717, 1.165) is 5.56 Å². The van der Waals surface area contributed by atoms with Gasteiger partial charge in [0.25, 0.3) is 10.0 Å². The van der Waals surface area contributed by atoms with Crippen molar-refractivity contribution in [3.63, 3.8) is 0 Å². The topological polar surface area (TPSA) is 97.4 Å². The zero-order chi connectivity index (χ0) is 15.9. The minimum absolute atomic E-state index is 0.0137. The van der Waals surface area contributed by atoms with Crippen LogP contribution >= 0.6 is 27.5 Å². The van der Waals surface area contributed by atoms with Crippen LogP contribution < -0.4 is 10.5 Å². The SMILES string of the molecule is Nc1ccc(S(=O)(=O)Nc2cc(Br)cc3c2N=CC3Cl)cn1. The standard InChI is InChI=1S/C13H10BrClN4O2S/c14-7-3-9-10(15)6-18-13(9)11(4-7)19-22(20,21)8-1-2-12(16)17-5-8/h1-6,10,19H,(H2,16,17). The smallest absolute Gasteiger partial charge is 0.263 e. The molecule has 0 aliphatic carbocycles. The van der Waals surface area contributed by atoms with E-state index in [1.807, 2.05) is 6.07 Å². The summed E-state index contributed by atoms with van der Waals surface area (Å²) in [6.45, 7) is 0. The third kappa shape index (κ3) is 2.81. The first-order valence-corrected chi connectivity index (χ1v) is 8.84. The molecule has 114 valence electrons. The Hall–Kier alpha value is -1.64. The van der Waals surface area contributed by atoms with Crippen LogP contribution in [0.5, 0.6) is 0 Å². The molecule has 1 aromatic heterocycles. The second-order valence-electron chi connectivity index (χ2n) is 4.60. The van der Waals surface area contributed by atoms with Crippen molar-refractivity contribution in [1.82, 2.24) is 4.98 Å². The molecule has 1 aliphatic rings. The molecule has 0 radical (unpaired) electrons. The number of nitrogens with zero attached hydrogens (tertiary/aromatic N) is 2. The average Bonchev–Trinajstić information content (AvgIpc) is 2.81. The number of nitrogen functional groups attached to an aromatic ring is 1. The van der Waals surface area contributed by atoms with Crippen molar-refractivity contribution in [3.8, 4) is 0 Å². The van der Waals surface area contributed by atoms with Gasteiger partial charge >= 0.3 is 0 Å². The third-order valence-corrected chi connectivity index (χ3v) is 5.21. The summed E-state index contributed by atoms with van der Waals surface area (Å²) in [6.07, 6.45) is 2.75. The van der Waals surface area contributed by atoms with Crippen molar-refractivity contribution < 1.29 is 8.42 Å². The lowest BCUT2D eigenvalue weighted by atomic mass is 10.1. The van der Waals surface area contributed by atoms with Gasteiger partial charge in [-0.3, -0.25) is 9.71 Å². The van der Waals surface area contributed by atoms with E-state index in [1.54, 1.807) is 12.3 Å². The molecule has 0 fully saturated rings. The fourth-order valence-electron chi connectivity index (χ4n) is 2.03. The number of alkyl halides is 1. The molecule has 2 heterocycles. The van der Waals surface area contributed by atoms with Crippen LogP contribution in [0.3, 0.4) is 0 Å². The van der Waals surface area contributed by atoms with Gasteiger partial charge < -0.3 is 5.73 Å². The number of benzene rings is 1. The van der Waals surface area contributed by atoms with E-state index in [1.165, 1.54) is 18.3 Å². The van der Waals surface area contributed by atoms with E-state index < -0.39 is 10.0 Å². The summed E-state index contributed by atoms with van der Waals surface area (Å²) in [6, 6.07) is 6.25. The highest BCUT2D eigenvalue weighted by molar-refractivity contribution is 9.10. The summed E-state index contributed by atoms with van der Waals surface area (Å²) >= 11 is 9.46. The Balaban J connectivity index is 2.02. The lowest BCUT2D eigenvalue weighted by Crippen LogP contribution is -2.13. The summed E-state index contributed by atoms with van der Waals surface area (Å²) in [5, 5.41) is -0.381. The highest BCUT2D eigenvalue weighted by atomic mass is 79.9. The first-order chi connectivity index (χ1) is 10.4. The Morgan fingerprint density at radius 1 is 1.32 bits per heavy atom. The number of hydrogen-bond acceptors (Lipinski definition) is 5. The predicted molar refractivity (Wildman–Crippen MR) is 90.3 cm³/mol. The Bertz CT molecular complexity index is 868. The molecule has 9 heteroatoms. The largest absolute Gasteiger partial charge is 0.384 e. The Kier molecular flexibility index (Phi) is 3.84. The maximum Gasteiger partial charge on any atom is 0.263 e. The Labute approximate surface area is 140 Å². The van der Waals surface area contributed by atoms with Crippen molar-refractivity contribution in [3.05, 3.63) is 40.5 Å². The van der Waals surface area contributed by atoms with E-state index in [0.29, 0.717) is 15.8 Å². The maximum absolute atomic E-state index is 12.4. The first-order valence-electron chi connectivity index (χ1n) is 6.13. The van der Waals surface area contributed by atoms with Crippen molar-refractivity contribution in [2.75, 3.05) is 10.5 Å². The van der Waals surface area contributed by atoms with Crippen LogP contribution in [0.2, 0.25) is 0 Å². The molecule has 3 N–H and O–H groups in total. The fourth-order valence-corrected chi connectivity index (χ4v) is 3.73. The van der Waals surface area contributed by atoms with Crippen molar-refractivity contribution in [2.45, 2.75) is 10.3 Å². The van der Waals surface area contributed by atoms with Crippen molar-refractivity contribution in [1.29, 1.82) is 0 Å². The number of sulfonamides is 1. The Morgan fingerprint density at radius 2 is 2.09 bits per heavy atom. The maximum atomic E-state index is 12.4. The van der Waals surface area contributed by atoms with E-state index in [9.17, 15) is 8.42 Å². The quantitative estimate of drug-likeness (QED) is 0.772. The normalized spacial score (nSPS) is 16.5. The van der Waals surface area contributed by atoms with Gasteiger partial charge in [-0.15, -0.1) is 11.6 Å². The number of hydrogen-bond donors (Lipinski definition) is 2. The van der Waals surface area contributed by atoms with Crippen LogP contribution in [0.1, 0.15) is 10.9 Å². The molecular weight excluding hydrogens is 392 g/mol. The van der Waals surface area contributed by atoms with Crippen molar-refractivity contribution in [2.24, 2.45) is 4.99 Å². The van der Waals surface area contributed by atoms with Crippen LogP contribution in [0.15, 0.2) is 44.8 Å². The second kappa shape index (κ2) is 5.53. The molecule has 22 heavy (non-hydrogen) atoms. The summed E-state index contributed by atoms with van der Waals surface area (Å²) in [5.74, 6) is 0.247. The van der Waals surface area contributed by atoms with Gasteiger partial charge in [0, 0.05) is 22.4 Å². The lowest BCUT2D eigenvalue weighted by Gasteiger charge is -2.12. The summed E-state index contributed by atoms with van der Waals surface area (Å²) < 4.78 is 28.0. The van der Waals surface area contributed by atoms with Gasteiger partial charge in [-0.25, -0.2) is 13.4 Å². The van der Waals surface area contributed by atoms with E-state index in [4.69, 9.17) is 17.3 Å². The molecular formula is C13H10BrClN4O2S. The van der Waals surface area contributed by atoms with Crippen molar-refractivity contribution >= 4 is 61.0 Å². The van der Waals surface area contributed by atoms with E-state index in [-0.39, 0.29) is 16.1 Å². The molecule has 0 saturated carbocycles. The minimum Gasteiger partial charge on any atom is -0.384 e. The van der Waals surface area contributed by atoms with Crippen LogP contribution in [-0.2, 0) is 10.0 Å². The monoisotopic (exact) mass is 400 g/mol. The number of fused-ring (bicyclic) bond motifs is 1. The lowest BCUT2D eigenvalue weighted by molar-refractivity contribution is 0.601. The van der Waals surface area contributed by atoms with Gasteiger partial charge in [0.15, 0.2) is 0 Å². The number of halogens is 2. The molecule has 0 spiro atoms. The summed E-state index contributed by atoms with van der Waals surface area (Å²) in [4.78, 5) is 7.97. The average molecular weight is 402 g/mol. The molecule has 1 aliphatic heterocycles. The number of nitrogens with one attached hydrogen (secondary N) is 1. The third-order valence-electron chi connectivity index (χ3n) is 3.05. The molecule has 1 unspecified atom stereocenters. The summed E-state index contributed by atoms with van der Waals surface area (Å²) in [5.41, 5.74) is 7.06. The van der Waals surface area contributed by atoms with Crippen LogP contribution in [0, 0.1) is 0 Å². The zero-order valence-electron chi connectivity index (χ0n) is 11.0. The summed E-state index contributed by atoms with van der Waals surface area (Å²) in [7, 11) is -3.79. The number of aromatic nitrogens is 1. The molecule has 1 atom stereocenters. The first kappa shape index (κ1) is 15.3. The number of aliphatic imine (C=N–C) groups is 1. The van der Waals surface area contributed by atoms with Crippen LogP contribution in [0.4, 0.5) is 17.2 Å². The van der Waals surface area contributed by atoms with E-state index in [2.05, 4.69) is 30.6 Å². The molecule has 1 aromatic carbocycles. The van der Waals surface area contributed by atoms with Gasteiger partial charge in [-0.05, 0) is 24.3 Å². The van der Waals surface area contributed by atoms with Gasteiger partial charge in [0.2, 0.25) is 0 Å². The Morgan fingerprint density at radius 3 is 2.77 bits per heavy atom. The highest BCUT2D eigenvalue weighted by Gasteiger charge is 2.23. The molecule has 6 nitrogen and oxygen atoms in total. The zero-order valence-corrected chi connectivity index (χ0v) is 14.2. The van der Waals surface area contributed by atoms with E-state index >= 15 is 0 Å².